The van der Waals surface area contributed by atoms with Gasteiger partial charge in [-0.05, 0) is 50.4 Å². The van der Waals surface area contributed by atoms with Gasteiger partial charge >= 0.3 is 0 Å². The summed E-state index contributed by atoms with van der Waals surface area (Å²) in [4.78, 5) is 21.6. The maximum atomic E-state index is 13.0. The number of nitrogens with zero attached hydrogens (tertiary/aromatic N) is 5. The average molecular weight is 370 g/mol. The zero-order valence-corrected chi connectivity index (χ0v) is 16.9. The van der Waals surface area contributed by atoms with Gasteiger partial charge < -0.3 is 4.90 Å². The number of carbonyl (C=O) groups excluding carboxylic acids is 1. The molecule has 3 atom stereocenters. The molecule has 0 bridgehead atoms. The molecule has 1 fully saturated rings. The molecule has 1 aliphatic heterocycles. The number of pyridine rings is 1. The van der Waals surface area contributed by atoms with Gasteiger partial charge in [-0.25, -0.2) is 0 Å². The van der Waals surface area contributed by atoms with Crippen molar-refractivity contribution >= 4 is 5.91 Å². The van der Waals surface area contributed by atoms with E-state index in [1.165, 1.54) is 12.0 Å². The van der Waals surface area contributed by atoms with Crippen molar-refractivity contribution in [3.8, 4) is 0 Å². The first-order chi connectivity index (χ1) is 13.0. The van der Waals surface area contributed by atoms with Gasteiger partial charge in [0.05, 0.1) is 12.1 Å². The van der Waals surface area contributed by atoms with Crippen molar-refractivity contribution in [2.45, 2.75) is 38.6 Å². The van der Waals surface area contributed by atoms with Gasteiger partial charge in [0.1, 0.15) is 0 Å². The summed E-state index contributed by atoms with van der Waals surface area (Å²) < 4.78 is 1.87. The Bertz CT molecular complexity index is 744. The largest absolute Gasteiger partial charge is 0.345 e. The van der Waals surface area contributed by atoms with Gasteiger partial charge in [-0.15, -0.1) is 0 Å². The van der Waals surface area contributed by atoms with E-state index >= 15 is 0 Å². The van der Waals surface area contributed by atoms with E-state index in [1.54, 1.807) is 12.4 Å². The summed E-state index contributed by atoms with van der Waals surface area (Å²) in [7, 11) is 3.89. The van der Waals surface area contributed by atoms with Crippen LogP contribution in [0.1, 0.15) is 49.8 Å². The normalized spacial score (nSPS) is 21.8. The summed E-state index contributed by atoms with van der Waals surface area (Å²) in [6.07, 6.45) is 9.93. The van der Waals surface area contributed by atoms with Crippen LogP contribution in [0.15, 0.2) is 36.9 Å². The molecular weight excluding hydrogens is 338 g/mol. The highest BCUT2D eigenvalue weighted by Gasteiger charge is 2.34. The van der Waals surface area contributed by atoms with Gasteiger partial charge in [0.15, 0.2) is 0 Å². The maximum absolute atomic E-state index is 13.0. The van der Waals surface area contributed by atoms with E-state index in [0.717, 1.165) is 31.6 Å². The molecule has 0 saturated carbocycles. The minimum Gasteiger partial charge on any atom is -0.345 e. The third-order valence-corrected chi connectivity index (χ3v) is 5.77. The van der Waals surface area contributed by atoms with E-state index in [9.17, 15) is 4.79 Å². The Kier molecular flexibility index (Phi) is 6.26. The van der Waals surface area contributed by atoms with E-state index in [2.05, 4.69) is 28.1 Å². The van der Waals surface area contributed by atoms with Crippen LogP contribution in [0.5, 0.6) is 0 Å². The summed E-state index contributed by atoms with van der Waals surface area (Å²) in [6.45, 7) is 7.06. The smallest absolute Gasteiger partial charge is 0.229 e. The molecule has 0 radical (unpaired) electrons. The quantitative estimate of drug-likeness (QED) is 0.786. The Morgan fingerprint density at radius 1 is 1.41 bits per heavy atom. The van der Waals surface area contributed by atoms with Gasteiger partial charge in [0.25, 0.3) is 0 Å². The van der Waals surface area contributed by atoms with E-state index in [1.807, 2.05) is 48.9 Å². The highest BCUT2D eigenvalue weighted by atomic mass is 16.2. The van der Waals surface area contributed by atoms with Gasteiger partial charge in [-0.3, -0.25) is 19.4 Å². The van der Waals surface area contributed by atoms with Crippen molar-refractivity contribution in [3.63, 3.8) is 0 Å². The van der Waals surface area contributed by atoms with Crippen molar-refractivity contribution in [1.29, 1.82) is 0 Å². The van der Waals surface area contributed by atoms with E-state index in [-0.39, 0.29) is 11.8 Å². The summed E-state index contributed by atoms with van der Waals surface area (Å²) in [5, 5.41) is 4.38. The van der Waals surface area contributed by atoms with Crippen LogP contribution in [-0.2, 0) is 11.8 Å². The van der Waals surface area contributed by atoms with Crippen LogP contribution in [0, 0.1) is 5.92 Å². The molecule has 1 saturated heterocycles. The average Bonchev–Trinajstić information content (AvgIpc) is 3.13. The Morgan fingerprint density at radius 2 is 2.22 bits per heavy atom. The van der Waals surface area contributed by atoms with E-state index < -0.39 is 0 Å². The monoisotopic (exact) mass is 369 g/mol. The number of amides is 1. The lowest BCUT2D eigenvalue weighted by atomic mass is 9.85. The third-order valence-electron chi connectivity index (χ3n) is 5.77. The van der Waals surface area contributed by atoms with Gasteiger partial charge in [-0.1, -0.05) is 13.0 Å². The third kappa shape index (κ3) is 4.38. The second kappa shape index (κ2) is 8.65. The Hall–Kier alpha value is -2.21. The molecule has 3 rings (SSSR count). The molecule has 0 unspecified atom stereocenters. The molecule has 0 aliphatic carbocycles. The molecule has 6 heteroatoms. The second-order valence-corrected chi connectivity index (χ2v) is 7.65. The molecule has 1 amide bonds. The van der Waals surface area contributed by atoms with Crippen LogP contribution in [-0.4, -0.2) is 57.2 Å². The minimum atomic E-state index is -0.175. The van der Waals surface area contributed by atoms with Crippen LogP contribution in [0.3, 0.4) is 0 Å². The molecule has 3 heterocycles. The zero-order chi connectivity index (χ0) is 19.4. The molecule has 6 nitrogen and oxygen atoms in total. The predicted molar refractivity (Wildman–Crippen MR) is 106 cm³/mol. The highest BCUT2D eigenvalue weighted by Crippen LogP contribution is 2.36. The number of aryl methyl sites for hydroxylation is 1. The first-order valence-corrected chi connectivity index (χ1v) is 9.88. The van der Waals surface area contributed by atoms with Gasteiger partial charge in [-0.2, -0.15) is 5.10 Å². The molecule has 1 aliphatic rings. The van der Waals surface area contributed by atoms with Crippen molar-refractivity contribution in [1.82, 2.24) is 24.6 Å². The van der Waals surface area contributed by atoms with Crippen LogP contribution in [0.25, 0.3) is 0 Å². The SMILES string of the molecule is CCN1CCC[C@@H](CN(C)C(=O)[C@@H](C)c2cccnc2)[C@@H]1c1cnn(C)c1. The molecular formula is C21H31N5O. The van der Waals surface area contributed by atoms with Crippen LogP contribution in [0.2, 0.25) is 0 Å². The predicted octanol–water partition coefficient (Wildman–Crippen LogP) is 2.85. The number of likely N-dealkylation sites (N-methyl/N-ethyl adjacent to an activating group) is 1. The minimum absolute atomic E-state index is 0.154. The summed E-state index contributed by atoms with van der Waals surface area (Å²) >= 11 is 0. The number of hydrogen-bond donors (Lipinski definition) is 0. The van der Waals surface area contributed by atoms with Crippen LogP contribution >= 0.6 is 0 Å². The highest BCUT2D eigenvalue weighted by molar-refractivity contribution is 5.83. The summed E-state index contributed by atoms with van der Waals surface area (Å²) in [6, 6.07) is 4.18. The van der Waals surface area contributed by atoms with Crippen LogP contribution < -0.4 is 0 Å². The summed E-state index contributed by atoms with van der Waals surface area (Å²) in [5.74, 6) is 0.394. The molecule has 27 heavy (non-hydrogen) atoms. The van der Waals surface area contributed by atoms with Gasteiger partial charge in [0, 0.05) is 50.8 Å². The van der Waals surface area contributed by atoms with Crippen molar-refractivity contribution in [2.75, 3.05) is 26.7 Å². The topological polar surface area (TPSA) is 54.3 Å². The van der Waals surface area contributed by atoms with Gasteiger partial charge in [0.2, 0.25) is 5.91 Å². The first-order valence-electron chi connectivity index (χ1n) is 9.88. The standard InChI is InChI=1S/C21H31N5O/c1-5-26-11-7-9-18(20(26)19-13-23-25(4)15-19)14-24(3)21(27)16(2)17-8-6-10-22-12-17/h6,8,10,12-13,15-16,18,20H,5,7,9,11,14H2,1-4H3/t16-,18-,20+/m0/s1. The number of rotatable bonds is 6. The molecule has 0 aromatic carbocycles. The number of aromatic nitrogens is 3. The molecule has 2 aromatic heterocycles. The fourth-order valence-corrected chi connectivity index (χ4v) is 4.32. The molecule has 0 N–H and O–H groups in total. The zero-order valence-electron chi connectivity index (χ0n) is 16.9. The first kappa shape index (κ1) is 19.5. The number of hydrogen-bond acceptors (Lipinski definition) is 4. The Morgan fingerprint density at radius 3 is 2.85 bits per heavy atom. The van der Waals surface area contributed by atoms with E-state index in [0.29, 0.717) is 12.0 Å². The number of carbonyl (C=O) groups is 1. The van der Waals surface area contributed by atoms with Crippen LogP contribution in [0.4, 0.5) is 0 Å². The molecule has 0 spiro atoms. The Balaban J connectivity index is 1.74. The fourth-order valence-electron chi connectivity index (χ4n) is 4.32. The fraction of sp³-hybridized carbons (Fsp3) is 0.571. The van der Waals surface area contributed by atoms with Crippen molar-refractivity contribution in [2.24, 2.45) is 13.0 Å². The molecule has 146 valence electrons. The number of piperidine rings is 1. The van der Waals surface area contributed by atoms with Crippen molar-refractivity contribution < 1.29 is 4.79 Å². The van der Waals surface area contributed by atoms with E-state index in [4.69, 9.17) is 0 Å². The lowest BCUT2D eigenvalue weighted by Gasteiger charge is -2.42. The maximum Gasteiger partial charge on any atom is 0.229 e. The number of likely N-dealkylation sites (tertiary alicyclic amines) is 1. The summed E-state index contributed by atoms with van der Waals surface area (Å²) in [5.41, 5.74) is 2.22. The van der Waals surface area contributed by atoms with Crippen molar-refractivity contribution in [3.05, 3.63) is 48.0 Å². The molecule has 2 aromatic rings. The lowest BCUT2D eigenvalue weighted by Crippen LogP contribution is -2.44. The second-order valence-electron chi connectivity index (χ2n) is 7.65. The Labute approximate surface area is 162 Å². The lowest BCUT2D eigenvalue weighted by molar-refractivity contribution is -0.132.